The number of piperidine rings is 1. The lowest BCUT2D eigenvalue weighted by atomic mass is 9.98. The molecule has 1 heterocycles. The first-order valence-corrected chi connectivity index (χ1v) is 7.64. The lowest BCUT2D eigenvalue weighted by Crippen LogP contribution is -2.44. The summed E-state index contributed by atoms with van der Waals surface area (Å²) in [7, 11) is 0. The second kappa shape index (κ2) is 7.92. The predicted octanol–water partition coefficient (Wildman–Crippen LogP) is 3.39. The first-order valence-electron chi connectivity index (χ1n) is 7.64. The molecule has 0 aromatic heterocycles. The second-order valence-corrected chi connectivity index (χ2v) is 5.94. The normalized spacial score (nSPS) is 18.8. The number of hydrogen-bond acceptors (Lipinski definition) is 2. The maximum absolute atomic E-state index is 13.7. The van der Waals surface area contributed by atoms with Gasteiger partial charge in [-0.1, -0.05) is 13.0 Å². The van der Waals surface area contributed by atoms with E-state index in [2.05, 4.69) is 5.32 Å². The average Bonchev–Trinajstić information content (AvgIpc) is 2.45. The number of benzene rings is 1. The minimum atomic E-state index is -2.29. The van der Waals surface area contributed by atoms with E-state index < -0.39 is 18.1 Å². The summed E-state index contributed by atoms with van der Waals surface area (Å²) in [6, 6.07) is 3.90. The van der Waals surface area contributed by atoms with Crippen LogP contribution in [0.5, 0.6) is 0 Å². The van der Waals surface area contributed by atoms with Gasteiger partial charge in [-0.15, -0.1) is 0 Å². The summed E-state index contributed by atoms with van der Waals surface area (Å²) in [6.07, 6.45) is -0.664. The molecule has 1 N–H and O–H groups in total. The molecular weight excluding hydrogens is 296 g/mol. The van der Waals surface area contributed by atoms with E-state index in [0.717, 1.165) is 18.9 Å². The Morgan fingerprint density at radius 2 is 1.91 bits per heavy atom. The van der Waals surface area contributed by atoms with Crippen LogP contribution in [0.15, 0.2) is 18.2 Å². The molecule has 0 bridgehead atoms. The lowest BCUT2D eigenvalue weighted by Gasteiger charge is -2.32. The lowest BCUT2D eigenvalue weighted by molar-refractivity contribution is 0.0730. The highest BCUT2D eigenvalue weighted by molar-refractivity contribution is 5.22. The van der Waals surface area contributed by atoms with Gasteiger partial charge in [-0.05, 0) is 43.5 Å². The average molecular weight is 318 g/mol. The minimum absolute atomic E-state index is 0.0697. The fraction of sp³-hybridized carbons (Fsp3) is 0.625. The van der Waals surface area contributed by atoms with Gasteiger partial charge >= 0.3 is 0 Å². The molecule has 1 aliphatic rings. The second-order valence-electron chi connectivity index (χ2n) is 5.94. The Kier molecular flexibility index (Phi) is 6.20. The van der Waals surface area contributed by atoms with E-state index in [4.69, 9.17) is 0 Å². The van der Waals surface area contributed by atoms with Gasteiger partial charge in [0.15, 0.2) is 0 Å². The van der Waals surface area contributed by atoms with Crippen molar-refractivity contribution in [3.63, 3.8) is 0 Å². The summed E-state index contributed by atoms with van der Waals surface area (Å²) >= 11 is 0. The number of alkyl halides is 2. The predicted molar refractivity (Wildman–Crippen MR) is 78.2 cm³/mol. The van der Waals surface area contributed by atoms with Crippen molar-refractivity contribution in [2.24, 2.45) is 0 Å². The SMILES string of the molecule is CC(CNC1CCN(CC(F)F)CC1)c1ccc(F)cc1F. The van der Waals surface area contributed by atoms with Crippen molar-refractivity contribution >= 4 is 0 Å². The molecule has 0 saturated carbocycles. The molecule has 2 rings (SSSR count). The topological polar surface area (TPSA) is 15.3 Å². The van der Waals surface area contributed by atoms with E-state index in [1.54, 1.807) is 4.90 Å². The molecule has 1 fully saturated rings. The van der Waals surface area contributed by atoms with Gasteiger partial charge in [0.05, 0.1) is 6.54 Å². The summed E-state index contributed by atoms with van der Waals surface area (Å²) in [5.74, 6) is -1.17. The van der Waals surface area contributed by atoms with Crippen LogP contribution in [0.25, 0.3) is 0 Å². The van der Waals surface area contributed by atoms with Gasteiger partial charge in [0.2, 0.25) is 0 Å². The van der Waals surface area contributed by atoms with Crippen LogP contribution in [0.4, 0.5) is 17.6 Å². The van der Waals surface area contributed by atoms with Crippen molar-refractivity contribution in [3.05, 3.63) is 35.4 Å². The highest BCUT2D eigenvalue weighted by atomic mass is 19.3. The summed E-state index contributed by atoms with van der Waals surface area (Å²) in [4.78, 5) is 1.77. The third-order valence-corrected chi connectivity index (χ3v) is 4.19. The first-order chi connectivity index (χ1) is 10.5. The molecule has 1 aromatic rings. The molecule has 0 aliphatic carbocycles. The van der Waals surface area contributed by atoms with Crippen LogP contribution in [0.3, 0.4) is 0 Å². The Labute approximate surface area is 128 Å². The minimum Gasteiger partial charge on any atom is -0.313 e. The number of nitrogens with one attached hydrogen (secondary N) is 1. The Morgan fingerprint density at radius 1 is 1.23 bits per heavy atom. The van der Waals surface area contributed by atoms with Crippen molar-refractivity contribution in [2.75, 3.05) is 26.2 Å². The summed E-state index contributed by atoms with van der Waals surface area (Å²) < 4.78 is 51.2. The van der Waals surface area contributed by atoms with Gasteiger partial charge in [-0.2, -0.15) is 0 Å². The monoisotopic (exact) mass is 318 g/mol. The smallest absolute Gasteiger partial charge is 0.251 e. The van der Waals surface area contributed by atoms with E-state index >= 15 is 0 Å². The zero-order valence-corrected chi connectivity index (χ0v) is 12.7. The maximum Gasteiger partial charge on any atom is 0.251 e. The standard InChI is InChI=1S/C16H22F4N2/c1-11(14-3-2-12(17)8-15(14)18)9-21-13-4-6-22(7-5-13)10-16(19)20/h2-3,8,11,13,16,21H,4-7,9-10H2,1H3. The van der Waals surface area contributed by atoms with Gasteiger partial charge in [-0.25, -0.2) is 17.6 Å². The third-order valence-electron chi connectivity index (χ3n) is 4.19. The fourth-order valence-electron chi connectivity index (χ4n) is 2.87. The molecule has 1 saturated heterocycles. The van der Waals surface area contributed by atoms with Crippen molar-refractivity contribution in [2.45, 2.75) is 38.2 Å². The molecule has 0 amide bonds. The van der Waals surface area contributed by atoms with E-state index in [1.807, 2.05) is 6.92 Å². The van der Waals surface area contributed by atoms with Crippen molar-refractivity contribution in [1.29, 1.82) is 0 Å². The van der Waals surface area contributed by atoms with Gasteiger partial charge in [0, 0.05) is 18.7 Å². The highest BCUT2D eigenvalue weighted by Crippen LogP contribution is 2.20. The number of halogens is 4. The van der Waals surface area contributed by atoms with Crippen LogP contribution in [0, 0.1) is 11.6 Å². The fourth-order valence-corrected chi connectivity index (χ4v) is 2.87. The summed E-state index contributed by atoms with van der Waals surface area (Å²) in [5.41, 5.74) is 0.490. The van der Waals surface area contributed by atoms with Gasteiger partial charge in [0.1, 0.15) is 11.6 Å². The Morgan fingerprint density at radius 3 is 2.50 bits per heavy atom. The largest absolute Gasteiger partial charge is 0.313 e. The number of rotatable bonds is 6. The zero-order chi connectivity index (χ0) is 16.1. The van der Waals surface area contributed by atoms with E-state index in [0.29, 0.717) is 25.2 Å². The molecule has 0 radical (unpaired) electrons. The maximum atomic E-state index is 13.7. The zero-order valence-electron chi connectivity index (χ0n) is 12.7. The molecule has 0 spiro atoms. The Hall–Kier alpha value is -1.14. The van der Waals surface area contributed by atoms with Gasteiger partial charge in [0.25, 0.3) is 6.43 Å². The number of likely N-dealkylation sites (tertiary alicyclic amines) is 1. The van der Waals surface area contributed by atoms with E-state index in [9.17, 15) is 17.6 Å². The Bertz CT molecular complexity index is 473. The number of hydrogen-bond donors (Lipinski definition) is 1. The van der Waals surface area contributed by atoms with Crippen molar-refractivity contribution in [3.8, 4) is 0 Å². The van der Waals surface area contributed by atoms with Crippen molar-refractivity contribution < 1.29 is 17.6 Å². The molecule has 124 valence electrons. The highest BCUT2D eigenvalue weighted by Gasteiger charge is 2.22. The molecular formula is C16H22F4N2. The molecule has 1 aliphatic heterocycles. The summed E-state index contributed by atoms with van der Waals surface area (Å²) in [6.45, 7) is 3.61. The quantitative estimate of drug-likeness (QED) is 0.809. The van der Waals surface area contributed by atoms with Crippen molar-refractivity contribution in [1.82, 2.24) is 10.2 Å². The van der Waals surface area contributed by atoms with Crippen LogP contribution < -0.4 is 5.32 Å². The molecule has 1 unspecified atom stereocenters. The number of nitrogens with zero attached hydrogens (tertiary/aromatic N) is 1. The van der Waals surface area contributed by atoms with Crippen LogP contribution in [0.2, 0.25) is 0 Å². The van der Waals surface area contributed by atoms with E-state index in [-0.39, 0.29) is 18.5 Å². The van der Waals surface area contributed by atoms with Crippen LogP contribution in [-0.2, 0) is 0 Å². The Balaban J connectivity index is 1.76. The van der Waals surface area contributed by atoms with E-state index in [1.165, 1.54) is 12.1 Å². The first kappa shape index (κ1) is 17.2. The molecule has 2 nitrogen and oxygen atoms in total. The van der Waals surface area contributed by atoms with Crippen LogP contribution in [-0.4, -0.2) is 43.5 Å². The molecule has 6 heteroatoms. The third kappa shape index (κ3) is 4.95. The molecule has 1 aromatic carbocycles. The van der Waals surface area contributed by atoms with Crippen LogP contribution >= 0.6 is 0 Å². The van der Waals surface area contributed by atoms with Gasteiger partial charge < -0.3 is 5.32 Å². The summed E-state index contributed by atoms with van der Waals surface area (Å²) in [5, 5.41) is 3.36. The molecule has 1 atom stereocenters. The van der Waals surface area contributed by atoms with Gasteiger partial charge in [-0.3, -0.25) is 4.90 Å². The van der Waals surface area contributed by atoms with Crippen LogP contribution in [0.1, 0.15) is 31.2 Å². The molecule has 22 heavy (non-hydrogen) atoms.